The number of pyridine rings is 1. The average molecular weight is 596 g/mol. The summed E-state index contributed by atoms with van der Waals surface area (Å²) >= 11 is 0. The molecule has 12 heteroatoms. The molecule has 1 fully saturated rings. The first-order valence-corrected chi connectivity index (χ1v) is 14.7. The van der Waals surface area contributed by atoms with Gasteiger partial charge in [0.15, 0.2) is 0 Å². The molecule has 2 heterocycles. The fraction of sp³-hybridized carbons (Fsp3) is 0.300. The number of rotatable bonds is 13. The number of fused-ring (bicyclic) bond motifs is 1. The first-order valence-electron chi connectivity index (χ1n) is 13.6. The molecule has 0 unspecified atom stereocenters. The number of thiol groups is 1. The fourth-order valence-corrected chi connectivity index (χ4v) is 5.33. The first-order chi connectivity index (χ1) is 20.2. The SMILES string of the molecule is CNC(=O)c1c(-c2ccc(Oc3ccc(F)cc3)cc2)oc2nc(CN(CCCCC(=O)O)[SH](=O)=O)c(C3CC3)cc12. The Morgan fingerprint density at radius 1 is 1.10 bits per heavy atom. The summed E-state index contributed by atoms with van der Waals surface area (Å²) in [7, 11) is -1.40. The van der Waals surface area contributed by atoms with Crippen LogP contribution in [0, 0.1) is 5.82 Å². The lowest BCUT2D eigenvalue weighted by atomic mass is 10.0. The highest BCUT2D eigenvalue weighted by Crippen LogP contribution is 2.44. The molecular weight excluding hydrogens is 565 g/mol. The zero-order valence-corrected chi connectivity index (χ0v) is 23.7. The highest BCUT2D eigenvalue weighted by Gasteiger charge is 2.31. The van der Waals surface area contributed by atoms with Crippen LogP contribution in [0.1, 0.15) is 59.6 Å². The summed E-state index contributed by atoms with van der Waals surface area (Å²) in [6.07, 6.45) is 2.60. The van der Waals surface area contributed by atoms with Gasteiger partial charge in [0.25, 0.3) is 5.91 Å². The Kier molecular flexibility index (Phi) is 8.83. The summed E-state index contributed by atoms with van der Waals surface area (Å²) < 4.78 is 50.5. The van der Waals surface area contributed by atoms with Crippen LogP contribution in [-0.4, -0.2) is 48.3 Å². The molecule has 1 aliphatic rings. The van der Waals surface area contributed by atoms with Crippen molar-refractivity contribution in [2.75, 3.05) is 13.6 Å². The number of furan rings is 1. The van der Waals surface area contributed by atoms with Crippen LogP contribution >= 0.6 is 0 Å². The molecule has 0 radical (unpaired) electrons. The average Bonchev–Trinajstić information content (AvgIpc) is 3.75. The molecule has 1 amide bonds. The maximum Gasteiger partial charge on any atom is 0.303 e. The Bertz CT molecular complexity index is 1670. The molecule has 0 atom stereocenters. The second-order valence-corrected chi connectivity index (χ2v) is 11.1. The van der Waals surface area contributed by atoms with E-state index in [9.17, 15) is 22.4 Å². The highest BCUT2D eigenvalue weighted by atomic mass is 32.2. The molecule has 0 saturated heterocycles. The predicted octanol–water partition coefficient (Wildman–Crippen LogP) is 5.25. The molecule has 10 nitrogen and oxygen atoms in total. The Morgan fingerprint density at radius 3 is 2.36 bits per heavy atom. The van der Waals surface area contributed by atoms with E-state index in [0.717, 1.165) is 18.4 Å². The molecule has 4 aromatic rings. The van der Waals surface area contributed by atoms with Crippen molar-refractivity contribution >= 4 is 33.9 Å². The van der Waals surface area contributed by atoms with Gasteiger partial charge in [-0.3, -0.25) is 9.59 Å². The lowest BCUT2D eigenvalue weighted by molar-refractivity contribution is -0.137. The Morgan fingerprint density at radius 2 is 1.76 bits per heavy atom. The molecule has 0 spiro atoms. The van der Waals surface area contributed by atoms with E-state index in [1.807, 2.05) is 6.07 Å². The lowest BCUT2D eigenvalue weighted by Crippen LogP contribution is -2.24. The van der Waals surface area contributed by atoms with Gasteiger partial charge >= 0.3 is 5.97 Å². The predicted molar refractivity (Wildman–Crippen MR) is 153 cm³/mol. The van der Waals surface area contributed by atoms with Crippen LogP contribution in [0.2, 0.25) is 0 Å². The van der Waals surface area contributed by atoms with Crippen molar-refractivity contribution in [3.63, 3.8) is 0 Å². The standard InChI is InChI=1S/C30H30FN3O7S/c1-32-29(37)27-24-16-23(18-5-6-18)25(17-34(42(38)39)15-3-2-4-26(35)36)33-30(24)41-28(27)19-7-11-21(12-8-19)40-22-13-9-20(31)10-14-22/h7-14,16,18,42H,2-6,15,17H2,1H3,(H,32,37)(H,35,36). The smallest absolute Gasteiger partial charge is 0.303 e. The summed E-state index contributed by atoms with van der Waals surface area (Å²) in [6.45, 7) is 0.198. The number of hydrogen-bond donors (Lipinski definition) is 3. The van der Waals surface area contributed by atoms with Gasteiger partial charge in [0.1, 0.15) is 23.1 Å². The molecule has 0 bridgehead atoms. The van der Waals surface area contributed by atoms with Crippen LogP contribution in [0.15, 0.2) is 59.0 Å². The number of carboxylic acids is 1. The molecular formula is C30H30FN3O7S. The van der Waals surface area contributed by atoms with Gasteiger partial charge in [-0.15, -0.1) is 0 Å². The number of halogens is 1. The quantitative estimate of drug-likeness (QED) is 0.141. The highest BCUT2D eigenvalue weighted by molar-refractivity contribution is 7.69. The molecule has 1 aliphatic carbocycles. The fourth-order valence-electron chi connectivity index (χ4n) is 4.78. The monoisotopic (exact) mass is 595 g/mol. The Balaban J connectivity index is 1.48. The van der Waals surface area contributed by atoms with Gasteiger partial charge in [0.05, 0.1) is 23.2 Å². The largest absolute Gasteiger partial charge is 0.481 e. The Hall–Kier alpha value is -4.29. The minimum Gasteiger partial charge on any atom is -0.481 e. The number of ether oxygens (including phenoxy) is 1. The van der Waals surface area contributed by atoms with Gasteiger partial charge < -0.3 is 19.6 Å². The van der Waals surface area contributed by atoms with Crippen LogP contribution in [0.5, 0.6) is 11.5 Å². The van der Waals surface area contributed by atoms with Crippen molar-refractivity contribution in [1.82, 2.24) is 14.6 Å². The third-order valence-corrected chi connectivity index (χ3v) is 7.86. The van der Waals surface area contributed by atoms with E-state index in [1.54, 1.807) is 24.3 Å². The van der Waals surface area contributed by atoms with Gasteiger partial charge in [-0.2, -0.15) is 4.31 Å². The number of unbranched alkanes of at least 4 members (excludes halogenated alkanes) is 1. The zero-order chi connectivity index (χ0) is 29.8. The third-order valence-electron chi connectivity index (χ3n) is 7.05. The second kappa shape index (κ2) is 12.7. The van der Waals surface area contributed by atoms with Gasteiger partial charge in [-0.25, -0.2) is 17.8 Å². The van der Waals surface area contributed by atoms with Gasteiger partial charge in [0.2, 0.25) is 16.6 Å². The van der Waals surface area contributed by atoms with Gasteiger partial charge in [-0.05, 0) is 91.8 Å². The molecule has 1 saturated carbocycles. The lowest BCUT2D eigenvalue weighted by Gasteiger charge is -2.17. The van der Waals surface area contributed by atoms with E-state index in [2.05, 4.69) is 5.32 Å². The van der Waals surface area contributed by atoms with Crippen molar-refractivity contribution in [1.29, 1.82) is 0 Å². The number of hydrogen-bond acceptors (Lipinski definition) is 7. The number of nitrogens with zero attached hydrogens (tertiary/aromatic N) is 2. The number of amides is 1. The topological polar surface area (TPSA) is 139 Å². The first kappa shape index (κ1) is 29.2. The van der Waals surface area contributed by atoms with E-state index in [0.29, 0.717) is 52.3 Å². The van der Waals surface area contributed by atoms with Crippen molar-refractivity contribution in [2.24, 2.45) is 0 Å². The molecule has 2 aromatic carbocycles. The molecule has 2 aromatic heterocycles. The van der Waals surface area contributed by atoms with Crippen LogP contribution in [0.3, 0.4) is 0 Å². The van der Waals surface area contributed by atoms with E-state index in [1.165, 1.54) is 35.6 Å². The number of carboxylic acid groups (broad SMARTS) is 1. The number of aliphatic carboxylic acids is 1. The zero-order valence-electron chi connectivity index (χ0n) is 22.8. The van der Waals surface area contributed by atoms with E-state index < -0.39 is 16.9 Å². The number of carbonyl (C=O) groups excluding carboxylic acids is 1. The summed E-state index contributed by atoms with van der Waals surface area (Å²) in [5, 5.41) is 12.1. The maximum atomic E-state index is 13.2. The van der Waals surface area contributed by atoms with Crippen molar-refractivity contribution in [3.05, 3.63) is 77.2 Å². The summed E-state index contributed by atoms with van der Waals surface area (Å²) in [6, 6.07) is 14.4. The van der Waals surface area contributed by atoms with E-state index in [4.69, 9.17) is 19.2 Å². The van der Waals surface area contributed by atoms with Crippen LogP contribution in [0.25, 0.3) is 22.4 Å². The van der Waals surface area contributed by atoms with Gasteiger partial charge in [0, 0.05) is 25.6 Å². The maximum absolute atomic E-state index is 13.2. The van der Waals surface area contributed by atoms with Crippen LogP contribution in [-0.2, 0) is 22.2 Å². The third kappa shape index (κ3) is 6.77. The number of nitrogens with one attached hydrogen (secondary N) is 1. The molecule has 220 valence electrons. The minimum atomic E-state index is -2.93. The van der Waals surface area contributed by atoms with Crippen LogP contribution in [0.4, 0.5) is 4.39 Å². The van der Waals surface area contributed by atoms with E-state index in [-0.39, 0.29) is 42.9 Å². The molecule has 5 rings (SSSR count). The van der Waals surface area contributed by atoms with Gasteiger partial charge in [-0.1, -0.05) is 0 Å². The van der Waals surface area contributed by atoms with E-state index >= 15 is 0 Å². The van der Waals surface area contributed by atoms with Crippen LogP contribution < -0.4 is 10.1 Å². The number of aromatic nitrogens is 1. The Labute approximate surface area is 243 Å². The summed E-state index contributed by atoms with van der Waals surface area (Å²) in [5.74, 6) is -0.149. The number of carbonyl (C=O) groups is 2. The van der Waals surface area contributed by atoms with Crippen molar-refractivity contribution in [2.45, 2.75) is 44.6 Å². The second-order valence-electron chi connectivity index (χ2n) is 10.1. The summed E-state index contributed by atoms with van der Waals surface area (Å²) in [4.78, 5) is 28.6. The molecule has 0 aliphatic heterocycles. The van der Waals surface area contributed by atoms with Crippen molar-refractivity contribution < 1.29 is 36.7 Å². The summed E-state index contributed by atoms with van der Waals surface area (Å²) in [5.41, 5.74) is 2.56. The normalized spacial score (nSPS) is 13.1. The minimum absolute atomic E-state index is 0.0221. The van der Waals surface area contributed by atoms with Crippen molar-refractivity contribution in [3.8, 4) is 22.8 Å². The molecule has 2 N–H and O–H groups in total. The number of benzene rings is 2. The molecule has 42 heavy (non-hydrogen) atoms.